The summed E-state index contributed by atoms with van der Waals surface area (Å²) in [5.41, 5.74) is 1.84. The van der Waals surface area contributed by atoms with Crippen LogP contribution in [0.3, 0.4) is 0 Å². The molecule has 0 aromatic carbocycles. The molecule has 5 heteroatoms. The van der Waals surface area contributed by atoms with E-state index in [9.17, 15) is 0 Å². The van der Waals surface area contributed by atoms with Crippen LogP contribution in [0.5, 0.6) is 0 Å². The zero-order chi connectivity index (χ0) is 14.1. The third-order valence-electron chi connectivity index (χ3n) is 5.13. The van der Waals surface area contributed by atoms with E-state index in [1.165, 1.54) is 37.8 Å². The summed E-state index contributed by atoms with van der Waals surface area (Å²) < 4.78 is 5.35. The number of nitrogens with one attached hydrogen (secondary N) is 1. The average Bonchev–Trinajstić information content (AvgIpc) is 3.42. The van der Waals surface area contributed by atoms with Gasteiger partial charge in [-0.3, -0.25) is 0 Å². The first-order valence-electron chi connectivity index (χ1n) is 8.20. The molecule has 2 saturated carbocycles. The molecule has 2 aliphatic carbocycles. The van der Waals surface area contributed by atoms with Crippen LogP contribution in [0, 0.1) is 11.3 Å². The van der Waals surface area contributed by atoms with Gasteiger partial charge in [0.1, 0.15) is 0 Å². The van der Waals surface area contributed by atoms with Gasteiger partial charge in [-0.25, -0.2) is 9.97 Å². The van der Waals surface area contributed by atoms with Gasteiger partial charge in [-0.15, -0.1) is 0 Å². The second kappa shape index (κ2) is 5.54. The van der Waals surface area contributed by atoms with Gasteiger partial charge in [0, 0.05) is 44.1 Å². The molecule has 4 rings (SSSR count). The fourth-order valence-electron chi connectivity index (χ4n) is 3.41. The standard InChI is InChI=1S/C16H24N4O/c1-2-14(1)16(3-4-16)12-17-9-13-10-18-15(19-11-13)20-5-7-21-8-6-20/h10-11,14,17H,1-9,12H2. The summed E-state index contributed by atoms with van der Waals surface area (Å²) >= 11 is 0. The number of hydrogen-bond acceptors (Lipinski definition) is 5. The smallest absolute Gasteiger partial charge is 0.225 e. The molecule has 2 heterocycles. The van der Waals surface area contributed by atoms with Crippen molar-refractivity contribution in [3.63, 3.8) is 0 Å². The number of ether oxygens (including phenoxy) is 1. The highest BCUT2D eigenvalue weighted by molar-refractivity contribution is 5.30. The zero-order valence-corrected chi connectivity index (χ0v) is 12.6. The molecule has 1 saturated heterocycles. The van der Waals surface area contributed by atoms with Crippen molar-refractivity contribution in [2.45, 2.75) is 32.2 Å². The van der Waals surface area contributed by atoms with Gasteiger partial charge < -0.3 is 15.0 Å². The normalized spacial score (nSPS) is 24.1. The van der Waals surface area contributed by atoms with E-state index in [0.29, 0.717) is 5.41 Å². The summed E-state index contributed by atoms with van der Waals surface area (Å²) in [6.07, 6.45) is 9.69. The Bertz CT molecular complexity index is 476. The van der Waals surface area contributed by atoms with Gasteiger partial charge in [0.05, 0.1) is 13.2 Å². The lowest BCUT2D eigenvalue weighted by atomic mass is 10.0. The van der Waals surface area contributed by atoms with Crippen molar-refractivity contribution in [1.82, 2.24) is 15.3 Å². The molecule has 5 nitrogen and oxygen atoms in total. The number of aromatic nitrogens is 2. The van der Waals surface area contributed by atoms with E-state index in [1.807, 2.05) is 12.4 Å². The van der Waals surface area contributed by atoms with Crippen molar-refractivity contribution in [1.29, 1.82) is 0 Å². The van der Waals surface area contributed by atoms with Crippen molar-refractivity contribution in [3.05, 3.63) is 18.0 Å². The van der Waals surface area contributed by atoms with E-state index in [2.05, 4.69) is 20.2 Å². The summed E-state index contributed by atoms with van der Waals surface area (Å²) in [6, 6.07) is 0. The molecule has 1 aromatic heterocycles. The number of morpholine rings is 1. The first-order valence-corrected chi connectivity index (χ1v) is 8.20. The van der Waals surface area contributed by atoms with Crippen LogP contribution in [-0.4, -0.2) is 42.8 Å². The molecule has 3 aliphatic rings. The van der Waals surface area contributed by atoms with Gasteiger partial charge in [0.25, 0.3) is 0 Å². The van der Waals surface area contributed by atoms with Gasteiger partial charge in [0.15, 0.2) is 0 Å². The second-order valence-electron chi connectivity index (χ2n) is 6.73. The second-order valence-corrected chi connectivity index (χ2v) is 6.73. The molecule has 0 bridgehead atoms. The summed E-state index contributed by atoms with van der Waals surface area (Å²) in [5, 5.41) is 3.61. The minimum atomic E-state index is 0.661. The van der Waals surface area contributed by atoms with Gasteiger partial charge in [0.2, 0.25) is 5.95 Å². The van der Waals surface area contributed by atoms with Crippen LogP contribution in [0.4, 0.5) is 5.95 Å². The van der Waals surface area contributed by atoms with E-state index < -0.39 is 0 Å². The monoisotopic (exact) mass is 288 g/mol. The SMILES string of the molecule is c1nc(N2CCOCC2)ncc1CNCC1(C2CC2)CC1. The van der Waals surface area contributed by atoms with Crippen LogP contribution < -0.4 is 10.2 Å². The molecular formula is C16H24N4O. The summed E-state index contributed by atoms with van der Waals surface area (Å²) in [7, 11) is 0. The van der Waals surface area contributed by atoms with E-state index in [4.69, 9.17) is 4.74 Å². The predicted molar refractivity (Wildman–Crippen MR) is 81.2 cm³/mol. The molecule has 0 amide bonds. The van der Waals surface area contributed by atoms with Crippen molar-refractivity contribution in [2.75, 3.05) is 37.7 Å². The van der Waals surface area contributed by atoms with Crippen molar-refractivity contribution < 1.29 is 4.74 Å². The lowest BCUT2D eigenvalue weighted by Gasteiger charge is -2.26. The van der Waals surface area contributed by atoms with Crippen molar-refractivity contribution in [2.24, 2.45) is 11.3 Å². The molecule has 0 spiro atoms. The molecular weight excluding hydrogens is 264 g/mol. The maximum Gasteiger partial charge on any atom is 0.225 e. The minimum Gasteiger partial charge on any atom is -0.378 e. The Labute approximate surface area is 126 Å². The van der Waals surface area contributed by atoms with Gasteiger partial charge in [-0.1, -0.05) is 0 Å². The highest BCUT2D eigenvalue weighted by Gasteiger charge is 2.53. The van der Waals surface area contributed by atoms with E-state index in [-0.39, 0.29) is 0 Å². The van der Waals surface area contributed by atoms with Gasteiger partial charge in [-0.05, 0) is 37.0 Å². The third-order valence-corrected chi connectivity index (χ3v) is 5.13. The number of nitrogens with zero attached hydrogens (tertiary/aromatic N) is 3. The molecule has 0 radical (unpaired) electrons. The Morgan fingerprint density at radius 1 is 1.19 bits per heavy atom. The molecule has 1 N–H and O–H groups in total. The molecule has 21 heavy (non-hydrogen) atoms. The van der Waals surface area contributed by atoms with Crippen molar-refractivity contribution >= 4 is 5.95 Å². The van der Waals surface area contributed by atoms with Crippen molar-refractivity contribution in [3.8, 4) is 0 Å². The summed E-state index contributed by atoms with van der Waals surface area (Å²) in [6.45, 7) is 5.38. The number of hydrogen-bond donors (Lipinski definition) is 1. The summed E-state index contributed by atoms with van der Waals surface area (Å²) in [4.78, 5) is 11.2. The Hall–Kier alpha value is -1.20. The molecule has 114 valence electrons. The quantitative estimate of drug-likeness (QED) is 0.861. The fraction of sp³-hybridized carbons (Fsp3) is 0.750. The average molecular weight is 288 g/mol. The lowest BCUT2D eigenvalue weighted by Crippen LogP contribution is -2.37. The number of rotatable bonds is 6. The van der Waals surface area contributed by atoms with E-state index >= 15 is 0 Å². The van der Waals surface area contributed by atoms with Crippen LogP contribution in [0.15, 0.2) is 12.4 Å². The van der Waals surface area contributed by atoms with Crippen LogP contribution in [0.1, 0.15) is 31.2 Å². The van der Waals surface area contributed by atoms with Gasteiger partial charge >= 0.3 is 0 Å². The van der Waals surface area contributed by atoms with Crippen LogP contribution in [0.2, 0.25) is 0 Å². The van der Waals surface area contributed by atoms with Crippen LogP contribution >= 0.6 is 0 Å². The molecule has 3 fully saturated rings. The van der Waals surface area contributed by atoms with Gasteiger partial charge in [-0.2, -0.15) is 0 Å². The Morgan fingerprint density at radius 3 is 2.52 bits per heavy atom. The fourth-order valence-corrected chi connectivity index (χ4v) is 3.41. The third kappa shape index (κ3) is 3.04. The van der Waals surface area contributed by atoms with Crippen LogP contribution in [-0.2, 0) is 11.3 Å². The topological polar surface area (TPSA) is 50.3 Å². The van der Waals surface area contributed by atoms with E-state index in [0.717, 1.165) is 44.7 Å². The Balaban J connectivity index is 1.27. The summed E-state index contributed by atoms with van der Waals surface area (Å²) in [5.74, 6) is 1.85. The predicted octanol–water partition coefficient (Wildman–Crippen LogP) is 1.59. The van der Waals surface area contributed by atoms with E-state index in [1.54, 1.807) is 0 Å². The Morgan fingerprint density at radius 2 is 1.90 bits per heavy atom. The highest BCUT2D eigenvalue weighted by atomic mass is 16.5. The largest absolute Gasteiger partial charge is 0.378 e. The molecule has 0 unspecified atom stereocenters. The first kappa shape index (κ1) is 13.5. The number of anilines is 1. The zero-order valence-electron chi connectivity index (χ0n) is 12.6. The lowest BCUT2D eigenvalue weighted by molar-refractivity contribution is 0.122. The Kier molecular flexibility index (Phi) is 3.55. The first-order chi connectivity index (χ1) is 10.4. The maximum absolute atomic E-state index is 5.35. The molecule has 1 aliphatic heterocycles. The maximum atomic E-state index is 5.35. The molecule has 1 aromatic rings. The van der Waals surface area contributed by atoms with Crippen LogP contribution in [0.25, 0.3) is 0 Å². The highest BCUT2D eigenvalue weighted by Crippen LogP contribution is 2.60. The minimum absolute atomic E-state index is 0.661. The molecule has 0 atom stereocenters.